The Kier molecular flexibility index (Phi) is 6.18. The van der Waals surface area contributed by atoms with E-state index in [0.29, 0.717) is 11.3 Å². The SMILES string of the molecule is O=C(Nc1ccc(F)cc1)c1ccccc1Sc1ccc2c(/C=C/c3ccccn3)n[nH]c2c1. The van der Waals surface area contributed by atoms with Gasteiger partial charge in [0.1, 0.15) is 5.82 Å². The number of benzene rings is 3. The summed E-state index contributed by atoms with van der Waals surface area (Å²) in [5, 5.41) is 11.3. The van der Waals surface area contributed by atoms with Crippen molar-refractivity contribution in [3.63, 3.8) is 0 Å². The highest BCUT2D eigenvalue weighted by Crippen LogP contribution is 2.33. The number of anilines is 1. The predicted molar refractivity (Wildman–Crippen MR) is 134 cm³/mol. The van der Waals surface area contributed by atoms with Crippen LogP contribution < -0.4 is 5.32 Å². The van der Waals surface area contributed by atoms with Gasteiger partial charge in [-0.1, -0.05) is 30.0 Å². The van der Waals surface area contributed by atoms with Crippen molar-refractivity contribution in [2.24, 2.45) is 0 Å². The summed E-state index contributed by atoms with van der Waals surface area (Å²) in [5.41, 5.74) is 3.67. The van der Waals surface area contributed by atoms with Gasteiger partial charge in [0.25, 0.3) is 5.91 Å². The lowest BCUT2D eigenvalue weighted by Gasteiger charge is -2.10. The van der Waals surface area contributed by atoms with Crippen molar-refractivity contribution < 1.29 is 9.18 Å². The van der Waals surface area contributed by atoms with Crippen LogP contribution in [0.3, 0.4) is 0 Å². The molecule has 0 unspecified atom stereocenters. The third-order valence-corrected chi connectivity index (χ3v) is 6.19. The fourth-order valence-electron chi connectivity index (χ4n) is 3.45. The highest BCUT2D eigenvalue weighted by Gasteiger charge is 2.13. The number of H-pyrrole nitrogens is 1. The van der Waals surface area contributed by atoms with E-state index in [-0.39, 0.29) is 11.7 Å². The van der Waals surface area contributed by atoms with Gasteiger partial charge < -0.3 is 5.32 Å². The van der Waals surface area contributed by atoms with Gasteiger partial charge in [-0.3, -0.25) is 14.9 Å². The van der Waals surface area contributed by atoms with Crippen molar-refractivity contribution >= 4 is 46.4 Å². The van der Waals surface area contributed by atoms with E-state index in [0.717, 1.165) is 32.1 Å². The summed E-state index contributed by atoms with van der Waals surface area (Å²) in [5.74, 6) is -0.599. The standard InChI is InChI=1S/C27H19FN4OS/c28-18-8-10-20(11-9-18)30-27(33)23-6-1-2-7-26(23)34-21-13-14-22-24(31-32-25(22)17-21)15-12-19-5-3-4-16-29-19/h1-17H,(H,30,33)(H,31,32)/b15-12+. The van der Waals surface area contributed by atoms with Gasteiger partial charge in [0.05, 0.1) is 22.5 Å². The Hall–Kier alpha value is -4.23. The van der Waals surface area contributed by atoms with Crippen molar-refractivity contribution in [3.8, 4) is 0 Å². The topological polar surface area (TPSA) is 70.7 Å². The molecule has 3 aromatic carbocycles. The normalized spacial score (nSPS) is 11.2. The highest BCUT2D eigenvalue weighted by atomic mass is 32.2. The number of carbonyl (C=O) groups excluding carboxylic acids is 1. The summed E-state index contributed by atoms with van der Waals surface area (Å²) in [6.07, 6.45) is 5.61. The van der Waals surface area contributed by atoms with Crippen molar-refractivity contribution in [3.05, 3.63) is 114 Å². The molecule has 166 valence electrons. The molecule has 0 aliphatic carbocycles. The van der Waals surface area contributed by atoms with Crippen LogP contribution in [0.5, 0.6) is 0 Å². The molecule has 5 aromatic rings. The van der Waals surface area contributed by atoms with Crippen LogP contribution in [0, 0.1) is 5.82 Å². The van der Waals surface area contributed by atoms with Gasteiger partial charge in [0.2, 0.25) is 0 Å². The fourth-order valence-corrected chi connectivity index (χ4v) is 4.44. The van der Waals surface area contributed by atoms with E-state index in [1.165, 1.54) is 36.0 Å². The minimum absolute atomic E-state index is 0.251. The summed E-state index contributed by atoms with van der Waals surface area (Å²) in [6.45, 7) is 0. The summed E-state index contributed by atoms with van der Waals surface area (Å²) >= 11 is 1.49. The number of pyridine rings is 1. The van der Waals surface area contributed by atoms with E-state index in [1.54, 1.807) is 12.3 Å². The second-order valence-electron chi connectivity index (χ2n) is 7.46. The lowest BCUT2D eigenvalue weighted by atomic mass is 10.2. The molecular formula is C27H19FN4OS. The first-order valence-corrected chi connectivity index (χ1v) is 11.4. The smallest absolute Gasteiger partial charge is 0.256 e. The van der Waals surface area contributed by atoms with Crippen LogP contribution in [0.2, 0.25) is 0 Å². The van der Waals surface area contributed by atoms with E-state index in [2.05, 4.69) is 20.5 Å². The molecule has 0 fully saturated rings. The third-order valence-electron chi connectivity index (χ3n) is 5.13. The zero-order valence-electron chi connectivity index (χ0n) is 17.9. The Morgan fingerprint density at radius 2 is 1.76 bits per heavy atom. The third kappa shape index (κ3) is 4.89. The number of halogens is 1. The van der Waals surface area contributed by atoms with E-state index >= 15 is 0 Å². The van der Waals surface area contributed by atoms with Gasteiger partial charge in [0.15, 0.2) is 0 Å². The number of nitrogens with zero attached hydrogens (tertiary/aromatic N) is 2. The molecule has 1 amide bonds. The zero-order valence-corrected chi connectivity index (χ0v) is 18.7. The van der Waals surface area contributed by atoms with Crippen molar-refractivity contribution in [2.75, 3.05) is 5.32 Å². The zero-order chi connectivity index (χ0) is 23.3. The van der Waals surface area contributed by atoms with Crippen molar-refractivity contribution in [1.82, 2.24) is 15.2 Å². The first kappa shape index (κ1) is 21.6. The average molecular weight is 467 g/mol. The Bertz CT molecular complexity index is 1480. The number of aromatic amines is 1. The predicted octanol–water partition coefficient (Wildman–Crippen LogP) is 6.67. The van der Waals surface area contributed by atoms with E-state index in [9.17, 15) is 9.18 Å². The molecule has 0 saturated carbocycles. The van der Waals surface area contributed by atoms with Crippen LogP contribution in [-0.4, -0.2) is 21.1 Å². The van der Waals surface area contributed by atoms with Crippen LogP contribution in [0.4, 0.5) is 10.1 Å². The van der Waals surface area contributed by atoms with Crippen LogP contribution in [0.25, 0.3) is 23.1 Å². The molecular weight excluding hydrogens is 447 g/mol. The van der Waals surface area contributed by atoms with Crippen LogP contribution in [0.1, 0.15) is 21.7 Å². The Morgan fingerprint density at radius 3 is 2.59 bits per heavy atom. The van der Waals surface area contributed by atoms with Crippen LogP contribution in [-0.2, 0) is 0 Å². The number of carbonyl (C=O) groups is 1. The second-order valence-corrected chi connectivity index (χ2v) is 8.58. The number of hydrogen-bond acceptors (Lipinski definition) is 4. The largest absolute Gasteiger partial charge is 0.322 e. The number of nitrogens with one attached hydrogen (secondary N) is 2. The maximum Gasteiger partial charge on any atom is 0.256 e. The van der Waals surface area contributed by atoms with Gasteiger partial charge >= 0.3 is 0 Å². The molecule has 5 nitrogen and oxygen atoms in total. The first-order chi connectivity index (χ1) is 16.7. The molecule has 0 bridgehead atoms. The summed E-state index contributed by atoms with van der Waals surface area (Å²) in [7, 11) is 0. The number of rotatable bonds is 6. The minimum Gasteiger partial charge on any atom is -0.322 e. The number of hydrogen-bond donors (Lipinski definition) is 2. The molecule has 2 N–H and O–H groups in total. The monoisotopic (exact) mass is 466 g/mol. The number of amides is 1. The second kappa shape index (κ2) is 9.72. The Balaban J connectivity index is 1.36. The maximum atomic E-state index is 13.2. The molecule has 7 heteroatoms. The van der Waals surface area contributed by atoms with Gasteiger partial charge in [-0.25, -0.2) is 4.39 Å². The summed E-state index contributed by atoms with van der Waals surface area (Å²) < 4.78 is 13.2. The Labute approximate surface area is 199 Å². The Morgan fingerprint density at radius 1 is 0.941 bits per heavy atom. The molecule has 0 aliphatic heterocycles. The fraction of sp³-hybridized carbons (Fsp3) is 0. The van der Waals surface area contributed by atoms with Gasteiger partial charge in [-0.15, -0.1) is 0 Å². The molecule has 2 heterocycles. The van der Waals surface area contributed by atoms with E-state index in [1.807, 2.05) is 66.7 Å². The molecule has 0 atom stereocenters. The van der Waals surface area contributed by atoms with E-state index < -0.39 is 0 Å². The van der Waals surface area contributed by atoms with Crippen LogP contribution in [0.15, 0.2) is 101 Å². The maximum absolute atomic E-state index is 13.2. The van der Waals surface area contributed by atoms with Gasteiger partial charge in [0, 0.05) is 27.1 Å². The van der Waals surface area contributed by atoms with Crippen molar-refractivity contribution in [1.29, 1.82) is 0 Å². The first-order valence-electron chi connectivity index (χ1n) is 10.6. The summed E-state index contributed by atoms with van der Waals surface area (Å²) in [4.78, 5) is 18.9. The van der Waals surface area contributed by atoms with Gasteiger partial charge in [-0.05, 0) is 78.9 Å². The summed E-state index contributed by atoms with van der Waals surface area (Å²) in [6, 6.07) is 24.9. The molecule has 2 aromatic heterocycles. The molecule has 0 saturated heterocycles. The minimum atomic E-state index is -0.349. The van der Waals surface area contributed by atoms with Crippen molar-refractivity contribution in [2.45, 2.75) is 9.79 Å². The van der Waals surface area contributed by atoms with Crippen LogP contribution >= 0.6 is 11.8 Å². The quantitative estimate of drug-likeness (QED) is 0.293. The highest BCUT2D eigenvalue weighted by molar-refractivity contribution is 7.99. The molecule has 0 radical (unpaired) electrons. The molecule has 0 aliphatic rings. The van der Waals surface area contributed by atoms with E-state index in [4.69, 9.17) is 0 Å². The van der Waals surface area contributed by atoms with Gasteiger partial charge in [-0.2, -0.15) is 5.10 Å². The lowest BCUT2D eigenvalue weighted by Crippen LogP contribution is -2.12. The lowest BCUT2D eigenvalue weighted by molar-refractivity contribution is 0.102. The molecule has 34 heavy (non-hydrogen) atoms. The molecule has 0 spiro atoms. The molecule has 5 rings (SSSR count). The number of fused-ring (bicyclic) bond motifs is 1. The number of aromatic nitrogens is 3. The average Bonchev–Trinajstić information content (AvgIpc) is 3.27.